The van der Waals surface area contributed by atoms with E-state index in [1.54, 1.807) is 0 Å². The van der Waals surface area contributed by atoms with Crippen molar-refractivity contribution < 1.29 is 24.5 Å². The number of rotatable bonds is 47. The number of hydrogen-bond acceptors (Lipinski definition) is 5. The number of nitrogens with one attached hydrogen (secondary N) is 1. The molecular weight excluding hydrogens is 707 g/mol. The second-order valence-corrected chi connectivity index (χ2v) is 17.5. The first-order chi connectivity index (χ1) is 28.0. The van der Waals surface area contributed by atoms with Crippen molar-refractivity contribution in [2.75, 3.05) is 13.2 Å². The summed E-state index contributed by atoms with van der Waals surface area (Å²) in [6, 6.07) is -0.545. The Hall–Kier alpha value is -1.40. The van der Waals surface area contributed by atoms with Crippen LogP contribution in [0.4, 0.5) is 0 Å². The van der Waals surface area contributed by atoms with Gasteiger partial charge in [-0.15, -0.1) is 0 Å². The molecule has 0 aliphatic carbocycles. The minimum absolute atomic E-state index is 0.00690. The van der Waals surface area contributed by atoms with Gasteiger partial charge < -0.3 is 20.3 Å². The highest BCUT2D eigenvalue weighted by Gasteiger charge is 2.20. The summed E-state index contributed by atoms with van der Waals surface area (Å²) >= 11 is 0. The number of carbonyl (C=O) groups is 2. The van der Waals surface area contributed by atoms with E-state index in [1.165, 1.54) is 193 Å². The van der Waals surface area contributed by atoms with Crippen LogP contribution in [0.3, 0.4) is 0 Å². The summed E-state index contributed by atoms with van der Waals surface area (Å²) in [6.45, 7) is 4.91. The molecule has 2 unspecified atom stereocenters. The topological polar surface area (TPSA) is 95.9 Å². The quantitative estimate of drug-likeness (QED) is 0.0323. The lowest BCUT2D eigenvalue weighted by Gasteiger charge is -2.22. The molecule has 0 saturated heterocycles. The van der Waals surface area contributed by atoms with Crippen molar-refractivity contribution in [2.45, 2.75) is 289 Å². The van der Waals surface area contributed by atoms with E-state index in [2.05, 4.69) is 31.3 Å². The lowest BCUT2D eigenvalue weighted by atomic mass is 10.0. The predicted molar refractivity (Wildman–Crippen MR) is 246 cm³/mol. The Labute approximate surface area is 355 Å². The van der Waals surface area contributed by atoms with Gasteiger partial charge in [-0.25, -0.2) is 0 Å². The van der Waals surface area contributed by atoms with Crippen LogP contribution >= 0.6 is 0 Å². The number of amides is 1. The summed E-state index contributed by atoms with van der Waals surface area (Å²) < 4.78 is 5.46. The number of aliphatic hydroxyl groups excluding tert-OH is 2. The molecule has 0 heterocycles. The second-order valence-electron chi connectivity index (χ2n) is 17.5. The SMILES string of the molecule is CCCCCCCCC/C=C\CCCCCCCC(=O)OCCCCCCCCCCCCCCCCCC(=O)NC(CO)C(O)CCCCCCCCCCC. The zero-order valence-corrected chi connectivity index (χ0v) is 38.3. The molecule has 0 aliphatic rings. The zero-order chi connectivity index (χ0) is 41.5. The number of carbonyl (C=O) groups excluding carboxylic acids is 2. The Balaban J connectivity index is 3.40. The normalized spacial score (nSPS) is 12.7. The molecule has 0 saturated carbocycles. The van der Waals surface area contributed by atoms with Gasteiger partial charge in [-0.05, 0) is 51.4 Å². The molecule has 0 spiro atoms. The first kappa shape index (κ1) is 55.6. The van der Waals surface area contributed by atoms with Crippen LogP contribution in [0.5, 0.6) is 0 Å². The number of aliphatic hydroxyl groups is 2. The molecule has 0 fully saturated rings. The molecule has 3 N–H and O–H groups in total. The Morgan fingerprint density at radius 1 is 0.474 bits per heavy atom. The molecule has 338 valence electrons. The molecule has 6 nitrogen and oxygen atoms in total. The molecule has 0 bridgehead atoms. The molecule has 57 heavy (non-hydrogen) atoms. The average Bonchev–Trinajstić information content (AvgIpc) is 3.21. The predicted octanol–water partition coefficient (Wildman–Crippen LogP) is 15.0. The van der Waals surface area contributed by atoms with Crippen LogP contribution in [-0.4, -0.2) is 47.4 Å². The Bertz CT molecular complexity index is 847. The van der Waals surface area contributed by atoms with Gasteiger partial charge in [0.15, 0.2) is 0 Å². The van der Waals surface area contributed by atoms with Gasteiger partial charge in [0.2, 0.25) is 5.91 Å². The second kappa shape index (κ2) is 47.3. The monoisotopic (exact) mass is 806 g/mol. The maximum atomic E-state index is 12.4. The smallest absolute Gasteiger partial charge is 0.305 e. The van der Waals surface area contributed by atoms with Gasteiger partial charge >= 0.3 is 5.97 Å². The summed E-state index contributed by atoms with van der Waals surface area (Å²) in [7, 11) is 0. The summed E-state index contributed by atoms with van der Waals surface area (Å²) in [5, 5.41) is 23.1. The maximum Gasteiger partial charge on any atom is 0.305 e. The van der Waals surface area contributed by atoms with E-state index < -0.39 is 12.1 Å². The van der Waals surface area contributed by atoms with Gasteiger partial charge in [0.25, 0.3) is 0 Å². The third-order valence-electron chi connectivity index (χ3n) is 11.8. The highest BCUT2D eigenvalue weighted by molar-refractivity contribution is 5.76. The number of esters is 1. The third kappa shape index (κ3) is 44.0. The standard InChI is InChI=1S/C51H99NO5/c1-3-5-7-9-11-13-14-15-16-19-22-25-29-33-37-41-45-51(56)57-46-42-38-34-30-26-23-20-17-18-21-24-28-32-36-40-44-50(55)52-48(47-53)49(54)43-39-35-31-27-12-10-8-6-4-2/h16,19,48-49,53-54H,3-15,17-18,20-47H2,1-2H3,(H,52,55)/b19-16-. The molecule has 1 amide bonds. The molecule has 2 atom stereocenters. The minimum Gasteiger partial charge on any atom is -0.466 e. The summed E-state index contributed by atoms with van der Waals surface area (Å²) in [6.07, 6.45) is 53.3. The van der Waals surface area contributed by atoms with Crippen molar-refractivity contribution in [1.29, 1.82) is 0 Å². The first-order valence-electron chi connectivity index (χ1n) is 25.4. The molecule has 0 aromatic heterocycles. The van der Waals surface area contributed by atoms with Gasteiger partial charge in [-0.2, -0.15) is 0 Å². The van der Waals surface area contributed by atoms with Gasteiger partial charge in [0, 0.05) is 12.8 Å². The van der Waals surface area contributed by atoms with E-state index in [0.29, 0.717) is 25.9 Å². The van der Waals surface area contributed by atoms with E-state index in [9.17, 15) is 19.8 Å². The highest BCUT2D eigenvalue weighted by Crippen LogP contribution is 2.16. The van der Waals surface area contributed by atoms with Crippen molar-refractivity contribution in [2.24, 2.45) is 0 Å². The Kier molecular flexibility index (Phi) is 46.1. The number of unbranched alkanes of at least 4 members (excludes halogenated alkanes) is 34. The van der Waals surface area contributed by atoms with Gasteiger partial charge in [0.05, 0.1) is 25.4 Å². The summed E-state index contributed by atoms with van der Waals surface area (Å²) in [5.74, 6) is -0.0528. The van der Waals surface area contributed by atoms with Crippen LogP contribution < -0.4 is 5.32 Å². The molecule has 6 heteroatoms. The van der Waals surface area contributed by atoms with E-state index in [1.807, 2.05) is 0 Å². The number of allylic oxidation sites excluding steroid dienone is 2. The van der Waals surface area contributed by atoms with Crippen molar-refractivity contribution in [3.8, 4) is 0 Å². The number of hydrogen-bond donors (Lipinski definition) is 3. The van der Waals surface area contributed by atoms with Crippen LogP contribution in [0.2, 0.25) is 0 Å². The van der Waals surface area contributed by atoms with Crippen LogP contribution in [0.25, 0.3) is 0 Å². The average molecular weight is 806 g/mol. The van der Waals surface area contributed by atoms with E-state index >= 15 is 0 Å². The van der Waals surface area contributed by atoms with Gasteiger partial charge in [-0.3, -0.25) is 9.59 Å². The fourth-order valence-corrected chi connectivity index (χ4v) is 7.87. The molecule has 0 rings (SSSR count). The Morgan fingerprint density at radius 3 is 1.25 bits per heavy atom. The first-order valence-corrected chi connectivity index (χ1v) is 25.4. The fourth-order valence-electron chi connectivity index (χ4n) is 7.87. The third-order valence-corrected chi connectivity index (χ3v) is 11.8. The van der Waals surface area contributed by atoms with E-state index in [-0.39, 0.29) is 18.5 Å². The lowest BCUT2D eigenvalue weighted by molar-refractivity contribution is -0.143. The Morgan fingerprint density at radius 2 is 0.825 bits per heavy atom. The van der Waals surface area contributed by atoms with Crippen LogP contribution in [0.15, 0.2) is 12.2 Å². The summed E-state index contributed by atoms with van der Waals surface area (Å²) in [5.41, 5.74) is 0. The summed E-state index contributed by atoms with van der Waals surface area (Å²) in [4.78, 5) is 24.4. The van der Waals surface area contributed by atoms with E-state index in [0.717, 1.165) is 51.4 Å². The van der Waals surface area contributed by atoms with E-state index in [4.69, 9.17) is 4.74 Å². The minimum atomic E-state index is -0.667. The van der Waals surface area contributed by atoms with Crippen molar-refractivity contribution >= 4 is 11.9 Å². The highest BCUT2D eigenvalue weighted by atomic mass is 16.5. The molecule has 0 radical (unpaired) electrons. The molecule has 0 aromatic rings. The fraction of sp³-hybridized carbons (Fsp3) is 0.922. The number of ether oxygens (including phenoxy) is 1. The van der Waals surface area contributed by atoms with Crippen molar-refractivity contribution in [3.05, 3.63) is 12.2 Å². The van der Waals surface area contributed by atoms with Crippen LogP contribution in [0.1, 0.15) is 277 Å². The lowest BCUT2D eigenvalue weighted by Crippen LogP contribution is -2.45. The molecule has 0 aromatic carbocycles. The van der Waals surface area contributed by atoms with Crippen LogP contribution in [0, 0.1) is 0 Å². The molecular formula is C51H99NO5. The van der Waals surface area contributed by atoms with Gasteiger partial charge in [-0.1, -0.05) is 225 Å². The maximum absolute atomic E-state index is 12.4. The van der Waals surface area contributed by atoms with Crippen LogP contribution in [-0.2, 0) is 14.3 Å². The van der Waals surface area contributed by atoms with Crippen molar-refractivity contribution in [3.63, 3.8) is 0 Å². The zero-order valence-electron chi connectivity index (χ0n) is 38.3. The van der Waals surface area contributed by atoms with Crippen molar-refractivity contribution in [1.82, 2.24) is 5.32 Å². The molecule has 0 aliphatic heterocycles. The van der Waals surface area contributed by atoms with Gasteiger partial charge in [0.1, 0.15) is 0 Å². The largest absolute Gasteiger partial charge is 0.466 e.